The number of nitrogens with one attached hydrogen (secondary N) is 1. The molecule has 0 spiro atoms. The summed E-state index contributed by atoms with van der Waals surface area (Å²) in [5.74, 6) is 0.430. The summed E-state index contributed by atoms with van der Waals surface area (Å²) < 4.78 is 0. The molecule has 4 rings (SSSR count). The Balaban J connectivity index is 0.00000144. The van der Waals surface area contributed by atoms with Crippen LogP contribution in [0, 0.1) is 0 Å². The van der Waals surface area contributed by atoms with Crippen LogP contribution in [0.3, 0.4) is 0 Å². The van der Waals surface area contributed by atoms with Crippen molar-refractivity contribution < 1.29 is 0 Å². The van der Waals surface area contributed by atoms with Crippen LogP contribution in [0.15, 0.2) is 66.7 Å². The van der Waals surface area contributed by atoms with Crippen LogP contribution in [0.4, 0.5) is 0 Å². The Bertz CT molecular complexity index is 782. The molecule has 2 unspecified atom stereocenters. The lowest BCUT2D eigenvalue weighted by Crippen LogP contribution is -2.37. The van der Waals surface area contributed by atoms with Crippen LogP contribution in [0.1, 0.15) is 29.5 Å². The minimum atomic E-state index is 0. The van der Waals surface area contributed by atoms with Crippen molar-refractivity contribution in [2.75, 3.05) is 0 Å². The minimum absolute atomic E-state index is 0. The first-order valence-corrected chi connectivity index (χ1v) is 7.63. The molecule has 2 heteroatoms. The van der Waals surface area contributed by atoms with Crippen molar-refractivity contribution in [2.45, 2.75) is 25.4 Å². The van der Waals surface area contributed by atoms with Crippen molar-refractivity contribution >= 4 is 27.8 Å². The predicted octanol–water partition coefficient (Wildman–Crippen LogP) is 5.04. The second kappa shape index (κ2) is 6.23. The topological polar surface area (TPSA) is 12.0 Å². The van der Waals surface area contributed by atoms with Crippen LogP contribution in [-0.4, -0.2) is 6.04 Å². The van der Waals surface area contributed by atoms with E-state index in [1.807, 2.05) is 0 Å². The standard InChI is InChI=1S/C20H19N.BrH/c1-14-20(15-7-3-2-4-8-15)19-12-17-10-6-5-9-16(17)11-18(19)13-21-14;/h2-12,14,20-21H,13H2,1H3;1H. The molecule has 2 atom stereocenters. The van der Waals surface area contributed by atoms with E-state index in [1.54, 1.807) is 0 Å². The lowest BCUT2D eigenvalue weighted by molar-refractivity contribution is 0.467. The van der Waals surface area contributed by atoms with Crippen LogP contribution in [0.25, 0.3) is 10.8 Å². The molecule has 0 bridgehead atoms. The Labute approximate surface area is 142 Å². The smallest absolute Gasteiger partial charge is 0.0244 e. The molecule has 0 aliphatic carbocycles. The molecule has 1 N–H and O–H groups in total. The number of hydrogen-bond donors (Lipinski definition) is 1. The zero-order valence-electron chi connectivity index (χ0n) is 12.6. The zero-order valence-corrected chi connectivity index (χ0v) is 14.3. The number of fused-ring (bicyclic) bond motifs is 2. The third-order valence-electron chi connectivity index (χ3n) is 4.62. The van der Waals surface area contributed by atoms with E-state index in [9.17, 15) is 0 Å². The van der Waals surface area contributed by atoms with E-state index in [0.717, 1.165) is 6.54 Å². The summed E-state index contributed by atoms with van der Waals surface area (Å²) in [6.45, 7) is 3.25. The predicted molar refractivity (Wildman–Crippen MR) is 98.9 cm³/mol. The SMILES string of the molecule is Br.CC1NCc2cc3ccccc3cc2C1c1ccccc1. The number of hydrogen-bond acceptors (Lipinski definition) is 1. The highest BCUT2D eigenvalue weighted by Crippen LogP contribution is 2.36. The van der Waals surface area contributed by atoms with Gasteiger partial charge in [0.2, 0.25) is 0 Å². The van der Waals surface area contributed by atoms with Gasteiger partial charge >= 0.3 is 0 Å². The molecular formula is C20H20BrN. The van der Waals surface area contributed by atoms with E-state index < -0.39 is 0 Å². The van der Waals surface area contributed by atoms with Gasteiger partial charge in [0.25, 0.3) is 0 Å². The molecule has 1 aliphatic rings. The van der Waals surface area contributed by atoms with Crippen molar-refractivity contribution in [2.24, 2.45) is 0 Å². The lowest BCUT2D eigenvalue weighted by Gasteiger charge is -2.33. The number of halogens is 1. The van der Waals surface area contributed by atoms with Crippen LogP contribution in [-0.2, 0) is 6.54 Å². The van der Waals surface area contributed by atoms with E-state index in [-0.39, 0.29) is 17.0 Å². The Morgan fingerprint density at radius 2 is 1.50 bits per heavy atom. The summed E-state index contributed by atoms with van der Waals surface area (Å²) in [5, 5.41) is 6.32. The van der Waals surface area contributed by atoms with E-state index in [4.69, 9.17) is 0 Å². The maximum atomic E-state index is 3.65. The number of benzene rings is 3. The van der Waals surface area contributed by atoms with Crippen molar-refractivity contribution in [3.05, 3.63) is 83.4 Å². The average molecular weight is 354 g/mol. The normalized spacial score (nSPS) is 20.2. The van der Waals surface area contributed by atoms with Crippen LogP contribution in [0.5, 0.6) is 0 Å². The first kappa shape index (κ1) is 15.3. The molecule has 3 aromatic carbocycles. The maximum Gasteiger partial charge on any atom is 0.0244 e. The van der Waals surface area contributed by atoms with Crippen molar-refractivity contribution in [3.8, 4) is 0 Å². The first-order valence-electron chi connectivity index (χ1n) is 7.63. The molecule has 22 heavy (non-hydrogen) atoms. The van der Waals surface area contributed by atoms with Gasteiger partial charge in [0.15, 0.2) is 0 Å². The average Bonchev–Trinajstić information content (AvgIpc) is 2.54. The summed E-state index contributed by atoms with van der Waals surface area (Å²) in [4.78, 5) is 0. The summed E-state index contributed by atoms with van der Waals surface area (Å²) in [6.07, 6.45) is 0. The molecule has 3 aromatic rings. The molecule has 0 aromatic heterocycles. The van der Waals surface area contributed by atoms with Gasteiger partial charge in [-0.05, 0) is 40.5 Å². The summed E-state index contributed by atoms with van der Waals surface area (Å²) in [7, 11) is 0. The molecular weight excluding hydrogens is 334 g/mol. The van der Waals surface area contributed by atoms with Gasteiger partial charge in [-0.2, -0.15) is 0 Å². The van der Waals surface area contributed by atoms with Gasteiger partial charge in [-0.1, -0.05) is 60.7 Å². The Kier molecular flexibility index (Phi) is 4.32. The molecule has 1 heterocycles. The quantitative estimate of drug-likeness (QED) is 0.645. The molecule has 1 nitrogen and oxygen atoms in total. The fraction of sp³-hybridized carbons (Fsp3) is 0.200. The Morgan fingerprint density at radius 1 is 0.864 bits per heavy atom. The van der Waals surface area contributed by atoms with Crippen molar-refractivity contribution in [3.63, 3.8) is 0 Å². The first-order chi connectivity index (χ1) is 10.3. The van der Waals surface area contributed by atoms with E-state index in [2.05, 4.69) is 79.0 Å². The second-order valence-corrected chi connectivity index (χ2v) is 5.96. The molecule has 0 fully saturated rings. The van der Waals surface area contributed by atoms with Crippen molar-refractivity contribution in [1.82, 2.24) is 5.32 Å². The van der Waals surface area contributed by atoms with Crippen molar-refractivity contribution in [1.29, 1.82) is 0 Å². The van der Waals surface area contributed by atoms with Crippen LogP contribution in [0.2, 0.25) is 0 Å². The molecule has 112 valence electrons. The van der Waals surface area contributed by atoms with Gasteiger partial charge in [0, 0.05) is 18.5 Å². The van der Waals surface area contributed by atoms with Gasteiger partial charge in [-0.25, -0.2) is 0 Å². The summed E-state index contributed by atoms with van der Waals surface area (Å²) >= 11 is 0. The highest BCUT2D eigenvalue weighted by molar-refractivity contribution is 8.93. The molecule has 0 amide bonds. The highest BCUT2D eigenvalue weighted by atomic mass is 79.9. The largest absolute Gasteiger partial charge is 0.309 e. The van der Waals surface area contributed by atoms with E-state index >= 15 is 0 Å². The van der Waals surface area contributed by atoms with Gasteiger partial charge in [0.05, 0.1) is 0 Å². The third kappa shape index (κ3) is 2.57. The fourth-order valence-electron chi connectivity index (χ4n) is 3.53. The fourth-order valence-corrected chi connectivity index (χ4v) is 3.53. The molecule has 0 radical (unpaired) electrons. The second-order valence-electron chi connectivity index (χ2n) is 5.96. The third-order valence-corrected chi connectivity index (χ3v) is 4.62. The van der Waals surface area contributed by atoms with E-state index in [0.29, 0.717) is 12.0 Å². The summed E-state index contributed by atoms with van der Waals surface area (Å²) in [5.41, 5.74) is 4.31. The monoisotopic (exact) mass is 353 g/mol. The van der Waals surface area contributed by atoms with Crippen LogP contribution >= 0.6 is 17.0 Å². The molecule has 0 saturated carbocycles. The highest BCUT2D eigenvalue weighted by Gasteiger charge is 2.27. The molecule has 0 saturated heterocycles. The number of rotatable bonds is 1. The van der Waals surface area contributed by atoms with Crippen LogP contribution < -0.4 is 5.32 Å². The van der Waals surface area contributed by atoms with Gasteiger partial charge in [-0.3, -0.25) is 0 Å². The maximum absolute atomic E-state index is 3.65. The summed E-state index contributed by atoms with van der Waals surface area (Å²) in [6, 6.07) is 24.7. The molecule has 1 aliphatic heterocycles. The van der Waals surface area contributed by atoms with Gasteiger partial charge in [-0.15, -0.1) is 17.0 Å². The van der Waals surface area contributed by atoms with Gasteiger partial charge < -0.3 is 5.32 Å². The minimum Gasteiger partial charge on any atom is -0.309 e. The lowest BCUT2D eigenvalue weighted by atomic mass is 9.80. The zero-order chi connectivity index (χ0) is 14.2. The van der Waals surface area contributed by atoms with Gasteiger partial charge in [0.1, 0.15) is 0 Å². The Morgan fingerprint density at radius 3 is 2.23 bits per heavy atom. The van der Waals surface area contributed by atoms with E-state index in [1.165, 1.54) is 27.5 Å². The Hall–Kier alpha value is -1.64.